The number of aromatic carboxylic acids is 1. The van der Waals surface area contributed by atoms with Crippen LogP contribution in [0.2, 0.25) is 0 Å². The molecule has 2 rings (SSSR count). The highest BCUT2D eigenvalue weighted by molar-refractivity contribution is 5.84. The topological polar surface area (TPSA) is 97.5 Å². The molecule has 7 heteroatoms. The van der Waals surface area contributed by atoms with Crippen LogP contribution >= 0.6 is 0 Å². The largest absolute Gasteiger partial charge is 0.476 e. The van der Waals surface area contributed by atoms with Crippen molar-refractivity contribution in [2.45, 2.75) is 12.5 Å². The van der Waals surface area contributed by atoms with Crippen molar-refractivity contribution in [3.8, 4) is 0 Å². The van der Waals surface area contributed by atoms with Gasteiger partial charge in [0.1, 0.15) is 11.6 Å². The van der Waals surface area contributed by atoms with E-state index in [9.17, 15) is 4.79 Å². The highest BCUT2D eigenvalue weighted by Gasteiger charge is 2.15. The van der Waals surface area contributed by atoms with Crippen molar-refractivity contribution in [1.29, 1.82) is 0 Å². The number of nitrogens with zero attached hydrogens (tertiary/aromatic N) is 2. The van der Waals surface area contributed by atoms with E-state index in [0.29, 0.717) is 18.8 Å². The molecule has 2 aromatic rings. The monoisotopic (exact) mass is 277 g/mol. The van der Waals surface area contributed by atoms with Crippen molar-refractivity contribution in [2.24, 2.45) is 0 Å². The molecule has 0 amide bonds. The molecular weight excluding hydrogens is 262 g/mol. The summed E-state index contributed by atoms with van der Waals surface area (Å²) in [6, 6.07) is 3.54. The maximum Gasteiger partial charge on any atom is 0.356 e. The van der Waals surface area contributed by atoms with E-state index in [1.165, 1.54) is 12.4 Å². The molecule has 1 atom stereocenters. The summed E-state index contributed by atoms with van der Waals surface area (Å²) < 4.78 is 10.4. The maximum absolute atomic E-state index is 10.7. The van der Waals surface area contributed by atoms with Crippen molar-refractivity contribution in [1.82, 2.24) is 9.97 Å². The van der Waals surface area contributed by atoms with Gasteiger partial charge < -0.3 is 19.6 Å². The molecule has 0 saturated carbocycles. The van der Waals surface area contributed by atoms with Gasteiger partial charge in [-0.05, 0) is 18.6 Å². The molecule has 0 aromatic carbocycles. The van der Waals surface area contributed by atoms with E-state index in [1.807, 2.05) is 6.07 Å². The molecule has 0 bridgehead atoms. The summed E-state index contributed by atoms with van der Waals surface area (Å²) in [6.45, 7) is 0.555. The van der Waals surface area contributed by atoms with Crippen molar-refractivity contribution >= 4 is 11.8 Å². The van der Waals surface area contributed by atoms with Gasteiger partial charge >= 0.3 is 5.97 Å². The number of anilines is 1. The fourth-order valence-electron chi connectivity index (χ4n) is 1.70. The summed E-state index contributed by atoms with van der Waals surface area (Å²) in [5.41, 5.74) is -0.0954. The van der Waals surface area contributed by atoms with E-state index in [2.05, 4.69) is 15.3 Å². The third-order valence-electron chi connectivity index (χ3n) is 2.69. The normalized spacial score (nSPS) is 12.1. The van der Waals surface area contributed by atoms with Crippen LogP contribution in [-0.2, 0) is 4.74 Å². The Balaban J connectivity index is 2.09. The van der Waals surface area contributed by atoms with E-state index < -0.39 is 5.97 Å². The quantitative estimate of drug-likeness (QED) is 0.798. The first-order valence-corrected chi connectivity index (χ1v) is 6.05. The molecule has 7 nitrogen and oxygen atoms in total. The Bertz CT molecular complexity index is 539. The molecule has 0 radical (unpaired) electrons. The summed E-state index contributed by atoms with van der Waals surface area (Å²) in [5, 5.41) is 11.9. The molecule has 2 N–H and O–H groups in total. The van der Waals surface area contributed by atoms with Crippen molar-refractivity contribution in [2.75, 3.05) is 19.0 Å². The van der Waals surface area contributed by atoms with E-state index in [0.717, 1.165) is 5.76 Å². The summed E-state index contributed by atoms with van der Waals surface area (Å²) >= 11 is 0. The third kappa shape index (κ3) is 3.55. The van der Waals surface area contributed by atoms with Crippen molar-refractivity contribution in [3.63, 3.8) is 0 Å². The molecular formula is C13H15N3O4. The van der Waals surface area contributed by atoms with E-state index in [1.54, 1.807) is 19.4 Å². The number of carboxylic acids is 1. The zero-order valence-electron chi connectivity index (χ0n) is 10.9. The summed E-state index contributed by atoms with van der Waals surface area (Å²) in [7, 11) is 1.63. The summed E-state index contributed by atoms with van der Waals surface area (Å²) in [6.07, 6.45) is 4.87. The average Bonchev–Trinajstić information content (AvgIpc) is 2.98. The van der Waals surface area contributed by atoms with Gasteiger partial charge in [-0.3, -0.25) is 0 Å². The first-order chi connectivity index (χ1) is 9.70. The van der Waals surface area contributed by atoms with Gasteiger partial charge in [0.05, 0.1) is 24.7 Å². The van der Waals surface area contributed by atoms with Crippen LogP contribution in [0.4, 0.5) is 5.82 Å². The summed E-state index contributed by atoms with van der Waals surface area (Å²) in [5.74, 6) is 0.129. The Labute approximate surface area is 115 Å². The number of ether oxygens (including phenoxy) is 1. The second kappa shape index (κ2) is 6.67. The number of rotatable bonds is 7. The van der Waals surface area contributed by atoms with Crippen LogP contribution in [0, 0.1) is 0 Å². The highest BCUT2D eigenvalue weighted by atomic mass is 16.5. The van der Waals surface area contributed by atoms with Crippen LogP contribution in [0.3, 0.4) is 0 Å². The second-order valence-electron chi connectivity index (χ2n) is 4.09. The predicted molar refractivity (Wildman–Crippen MR) is 70.6 cm³/mol. The number of aromatic nitrogens is 2. The fraction of sp³-hybridized carbons (Fsp3) is 0.308. The molecule has 0 saturated heterocycles. The summed E-state index contributed by atoms with van der Waals surface area (Å²) in [4.78, 5) is 18.5. The molecule has 0 fully saturated rings. The molecule has 106 valence electrons. The Morgan fingerprint density at radius 1 is 1.50 bits per heavy atom. The number of hydrogen-bond acceptors (Lipinski definition) is 6. The van der Waals surface area contributed by atoms with Crippen molar-refractivity contribution in [3.05, 3.63) is 42.2 Å². The van der Waals surface area contributed by atoms with Crippen LogP contribution in [0.15, 0.2) is 35.2 Å². The Hall–Kier alpha value is -2.41. The maximum atomic E-state index is 10.7. The van der Waals surface area contributed by atoms with Gasteiger partial charge in [0.25, 0.3) is 0 Å². The lowest BCUT2D eigenvalue weighted by atomic mass is 10.1. The minimum absolute atomic E-state index is 0.0954. The lowest BCUT2D eigenvalue weighted by Crippen LogP contribution is -2.14. The van der Waals surface area contributed by atoms with Crippen LogP contribution in [0.25, 0.3) is 0 Å². The number of hydrogen-bond donors (Lipinski definition) is 2. The lowest BCUT2D eigenvalue weighted by Gasteiger charge is -2.16. The second-order valence-corrected chi connectivity index (χ2v) is 4.09. The Morgan fingerprint density at radius 3 is 2.90 bits per heavy atom. The smallest absolute Gasteiger partial charge is 0.356 e. The van der Waals surface area contributed by atoms with Gasteiger partial charge in [-0.2, -0.15) is 0 Å². The predicted octanol–water partition coefficient (Wildman–Crippen LogP) is 1.96. The number of nitrogens with one attached hydrogen (secondary N) is 1. The Morgan fingerprint density at radius 2 is 2.35 bits per heavy atom. The number of carboxylic acid groups (broad SMARTS) is 1. The zero-order valence-corrected chi connectivity index (χ0v) is 10.9. The minimum atomic E-state index is -1.11. The fourth-order valence-corrected chi connectivity index (χ4v) is 1.70. The molecule has 2 aromatic heterocycles. The van der Waals surface area contributed by atoms with Crippen LogP contribution in [0.1, 0.15) is 28.7 Å². The first kappa shape index (κ1) is 14.0. The number of furan rings is 1. The third-order valence-corrected chi connectivity index (χ3v) is 2.69. The van der Waals surface area contributed by atoms with Gasteiger partial charge in [-0.25, -0.2) is 14.8 Å². The van der Waals surface area contributed by atoms with Crippen molar-refractivity contribution < 1.29 is 19.1 Å². The Kier molecular flexibility index (Phi) is 4.67. The van der Waals surface area contributed by atoms with Gasteiger partial charge in [-0.1, -0.05) is 0 Å². The standard InChI is InChI=1S/C13H15N3O4/c1-19-6-4-9(11-3-2-5-20-11)16-12-8-14-10(7-15-12)13(17)18/h2-3,5,7-9H,4,6H2,1H3,(H,15,16)(H,17,18). The number of carbonyl (C=O) groups is 1. The first-order valence-electron chi connectivity index (χ1n) is 6.05. The van der Waals surface area contributed by atoms with E-state index in [-0.39, 0.29) is 11.7 Å². The molecule has 0 spiro atoms. The average molecular weight is 277 g/mol. The SMILES string of the molecule is COCCC(Nc1cnc(C(=O)O)cn1)c1ccco1. The molecule has 20 heavy (non-hydrogen) atoms. The minimum Gasteiger partial charge on any atom is -0.476 e. The molecule has 1 unspecified atom stereocenters. The van der Waals surface area contributed by atoms with Crippen LogP contribution < -0.4 is 5.32 Å². The van der Waals surface area contributed by atoms with Gasteiger partial charge in [-0.15, -0.1) is 0 Å². The van der Waals surface area contributed by atoms with Crippen LogP contribution in [0.5, 0.6) is 0 Å². The number of methoxy groups -OCH3 is 1. The van der Waals surface area contributed by atoms with Gasteiger partial charge in [0, 0.05) is 13.7 Å². The molecule has 0 aliphatic rings. The van der Waals surface area contributed by atoms with E-state index in [4.69, 9.17) is 14.3 Å². The molecule has 2 heterocycles. The van der Waals surface area contributed by atoms with Gasteiger partial charge in [0.15, 0.2) is 5.69 Å². The van der Waals surface area contributed by atoms with E-state index >= 15 is 0 Å². The van der Waals surface area contributed by atoms with Gasteiger partial charge in [0.2, 0.25) is 0 Å². The van der Waals surface area contributed by atoms with Crippen LogP contribution in [-0.4, -0.2) is 34.8 Å². The molecule has 0 aliphatic carbocycles. The highest BCUT2D eigenvalue weighted by Crippen LogP contribution is 2.21. The molecule has 0 aliphatic heterocycles. The lowest BCUT2D eigenvalue weighted by molar-refractivity contribution is 0.0690. The zero-order chi connectivity index (χ0) is 14.4.